The van der Waals surface area contributed by atoms with Crippen LogP contribution in [0.1, 0.15) is 0 Å². The van der Waals surface area contributed by atoms with E-state index in [1.54, 1.807) is 12.1 Å². The lowest BCUT2D eigenvalue weighted by Gasteiger charge is -2.26. The highest BCUT2D eigenvalue weighted by Crippen LogP contribution is 2.19. The number of anilines is 2. The summed E-state index contributed by atoms with van der Waals surface area (Å²) in [4.78, 5) is 12.2. The Morgan fingerprint density at radius 2 is 1.62 bits per heavy atom. The lowest BCUT2D eigenvalue weighted by molar-refractivity contribution is -0.114. The van der Waals surface area contributed by atoms with Crippen molar-refractivity contribution >= 4 is 27.3 Å². The molecule has 8 heteroatoms. The second kappa shape index (κ2) is 8.31. The van der Waals surface area contributed by atoms with Gasteiger partial charge in [0.1, 0.15) is 0 Å². The summed E-state index contributed by atoms with van der Waals surface area (Å²) in [5.41, 5.74) is 1.40. The molecule has 0 aliphatic carbocycles. The predicted octanol–water partition coefficient (Wildman–Crippen LogP) is 1.76. The van der Waals surface area contributed by atoms with Gasteiger partial charge in [-0.05, 0) is 36.4 Å². The van der Waals surface area contributed by atoms with Crippen LogP contribution in [0, 0.1) is 0 Å². The molecular formula is C18H21N3O4S. The van der Waals surface area contributed by atoms with Gasteiger partial charge in [0.15, 0.2) is 0 Å². The molecule has 1 fully saturated rings. The van der Waals surface area contributed by atoms with Gasteiger partial charge in [-0.2, -0.15) is 4.31 Å². The molecule has 26 heavy (non-hydrogen) atoms. The van der Waals surface area contributed by atoms with Crippen molar-refractivity contribution in [2.45, 2.75) is 4.90 Å². The molecule has 2 aromatic carbocycles. The lowest BCUT2D eigenvalue weighted by Crippen LogP contribution is -2.40. The van der Waals surface area contributed by atoms with Gasteiger partial charge in [-0.15, -0.1) is 0 Å². The van der Waals surface area contributed by atoms with Gasteiger partial charge in [-0.3, -0.25) is 4.79 Å². The van der Waals surface area contributed by atoms with E-state index >= 15 is 0 Å². The first-order valence-electron chi connectivity index (χ1n) is 8.32. The minimum absolute atomic E-state index is 0.123. The summed E-state index contributed by atoms with van der Waals surface area (Å²) in [6.07, 6.45) is 0. The highest BCUT2D eigenvalue weighted by atomic mass is 32.2. The fourth-order valence-electron chi connectivity index (χ4n) is 2.59. The van der Waals surface area contributed by atoms with E-state index in [0.29, 0.717) is 32.0 Å². The number of nitrogens with zero attached hydrogens (tertiary/aromatic N) is 1. The Labute approximate surface area is 153 Å². The van der Waals surface area contributed by atoms with E-state index in [1.807, 2.05) is 30.3 Å². The normalized spacial score (nSPS) is 15.4. The van der Waals surface area contributed by atoms with E-state index in [1.165, 1.54) is 16.4 Å². The van der Waals surface area contributed by atoms with Crippen molar-refractivity contribution in [3.63, 3.8) is 0 Å². The molecular weight excluding hydrogens is 354 g/mol. The van der Waals surface area contributed by atoms with Gasteiger partial charge in [-0.25, -0.2) is 8.42 Å². The highest BCUT2D eigenvalue weighted by molar-refractivity contribution is 7.89. The molecule has 0 spiro atoms. The van der Waals surface area contributed by atoms with Gasteiger partial charge >= 0.3 is 0 Å². The first-order chi connectivity index (χ1) is 12.6. The summed E-state index contributed by atoms with van der Waals surface area (Å²) in [5.74, 6) is -0.211. The summed E-state index contributed by atoms with van der Waals surface area (Å²) < 4.78 is 31.7. The van der Waals surface area contributed by atoms with Crippen LogP contribution in [0.25, 0.3) is 0 Å². The Balaban J connectivity index is 1.58. The Bertz CT molecular complexity index is 832. The lowest BCUT2D eigenvalue weighted by atomic mass is 10.3. The van der Waals surface area contributed by atoms with Crippen molar-refractivity contribution in [3.8, 4) is 0 Å². The zero-order valence-corrected chi connectivity index (χ0v) is 15.0. The number of hydrogen-bond donors (Lipinski definition) is 2. The maximum Gasteiger partial charge on any atom is 0.243 e. The molecule has 138 valence electrons. The summed E-state index contributed by atoms with van der Waals surface area (Å²) in [7, 11) is -3.53. The van der Waals surface area contributed by atoms with Gasteiger partial charge in [0, 0.05) is 24.5 Å². The summed E-state index contributed by atoms with van der Waals surface area (Å²) >= 11 is 0. The number of sulfonamides is 1. The van der Waals surface area contributed by atoms with Gasteiger partial charge < -0.3 is 15.4 Å². The first kappa shape index (κ1) is 18.4. The van der Waals surface area contributed by atoms with Crippen LogP contribution in [0.3, 0.4) is 0 Å². The molecule has 1 aliphatic heterocycles. The number of nitrogens with one attached hydrogen (secondary N) is 2. The second-order valence-electron chi connectivity index (χ2n) is 5.81. The number of para-hydroxylation sites is 1. The Hall–Kier alpha value is -2.42. The maximum atomic E-state index is 12.6. The summed E-state index contributed by atoms with van der Waals surface area (Å²) in [6, 6.07) is 15.6. The molecule has 2 aromatic rings. The molecule has 1 heterocycles. The zero-order valence-electron chi connectivity index (χ0n) is 14.2. The van der Waals surface area contributed by atoms with E-state index in [9.17, 15) is 13.2 Å². The third-order valence-corrected chi connectivity index (χ3v) is 5.89. The minimum atomic E-state index is -3.53. The Morgan fingerprint density at radius 1 is 0.962 bits per heavy atom. The Morgan fingerprint density at radius 3 is 2.27 bits per heavy atom. The van der Waals surface area contributed by atoms with Crippen LogP contribution in [0.5, 0.6) is 0 Å². The van der Waals surface area contributed by atoms with Crippen LogP contribution in [-0.2, 0) is 19.6 Å². The zero-order chi connectivity index (χ0) is 18.4. The van der Waals surface area contributed by atoms with Crippen molar-refractivity contribution < 1.29 is 17.9 Å². The smallest absolute Gasteiger partial charge is 0.243 e. The number of morpholine rings is 1. The third-order valence-electron chi connectivity index (χ3n) is 3.97. The van der Waals surface area contributed by atoms with Gasteiger partial charge in [0.2, 0.25) is 15.9 Å². The minimum Gasteiger partial charge on any atom is -0.379 e. The monoisotopic (exact) mass is 375 g/mol. The first-order valence-corrected chi connectivity index (χ1v) is 9.76. The molecule has 0 aromatic heterocycles. The Kier molecular flexibility index (Phi) is 5.87. The number of hydrogen-bond acceptors (Lipinski definition) is 5. The number of benzene rings is 2. The number of rotatable bonds is 6. The molecule has 3 rings (SSSR count). The molecule has 1 saturated heterocycles. The number of amides is 1. The molecule has 1 aliphatic rings. The van der Waals surface area contributed by atoms with E-state index in [2.05, 4.69) is 10.6 Å². The van der Waals surface area contributed by atoms with Crippen molar-refractivity contribution in [1.29, 1.82) is 0 Å². The van der Waals surface area contributed by atoms with Crippen molar-refractivity contribution in [2.24, 2.45) is 0 Å². The van der Waals surface area contributed by atoms with Crippen molar-refractivity contribution in [3.05, 3.63) is 54.6 Å². The van der Waals surface area contributed by atoms with Gasteiger partial charge in [0.05, 0.1) is 24.7 Å². The molecule has 7 nitrogen and oxygen atoms in total. The molecule has 0 bridgehead atoms. The van der Waals surface area contributed by atoms with E-state index in [0.717, 1.165) is 5.69 Å². The van der Waals surface area contributed by atoms with E-state index in [-0.39, 0.29) is 17.3 Å². The topological polar surface area (TPSA) is 87.7 Å². The van der Waals surface area contributed by atoms with Crippen molar-refractivity contribution in [1.82, 2.24) is 4.31 Å². The van der Waals surface area contributed by atoms with Crippen molar-refractivity contribution in [2.75, 3.05) is 43.5 Å². The molecule has 2 N–H and O–H groups in total. The SMILES string of the molecule is O=C(CNc1ccccc1)Nc1ccc(S(=O)(=O)N2CCOCC2)cc1. The third kappa shape index (κ3) is 4.60. The largest absolute Gasteiger partial charge is 0.379 e. The van der Waals surface area contributed by atoms with E-state index in [4.69, 9.17) is 4.74 Å². The van der Waals surface area contributed by atoms with Crippen LogP contribution in [0.15, 0.2) is 59.5 Å². The molecule has 0 saturated carbocycles. The summed E-state index contributed by atoms with van der Waals surface area (Å²) in [5, 5.41) is 5.76. The van der Waals surface area contributed by atoms with Crippen LogP contribution >= 0.6 is 0 Å². The average Bonchev–Trinajstić information content (AvgIpc) is 2.68. The fraction of sp³-hybridized carbons (Fsp3) is 0.278. The maximum absolute atomic E-state index is 12.6. The molecule has 0 unspecified atom stereocenters. The predicted molar refractivity (Wildman–Crippen MR) is 99.6 cm³/mol. The van der Waals surface area contributed by atoms with E-state index < -0.39 is 10.0 Å². The molecule has 0 atom stereocenters. The summed E-state index contributed by atoms with van der Waals surface area (Å²) in [6.45, 7) is 1.64. The highest BCUT2D eigenvalue weighted by Gasteiger charge is 2.26. The van der Waals surface area contributed by atoms with Crippen LogP contribution in [0.4, 0.5) is 11.4 Å². The number of ether oxygens (including phenoxy) is 1. The molecule has 0 radical (unpaired) electrons. The number of carbonyl (C=O) groups excluding carboxylic acids is 1. The second-order valence-corrected chi connectivity index (χ2v) is 7.75. The standard InChI is InChI=1S/C18H21N3O4S/c22-18(14-19-15-4-2-1-3-5-15)20-16-6-8-17(9-7-16)26(23,24)21-10-12-25-13-11-21/h1-9,19H,10-14H2,(H,20,22). The number of carbonyl (C=O) groups is 1. The fourth-order valence-corrected chi connectivity index (χ4v) is 4.00. The van der Waals surface area contributed by atoms with Gasteiger partial charge in [-0.1, -0.05) is 18.2 Å². The van der Waals surface area contributed by atoms with Crippen LogP contribution < -0.4 is 10.6 Å². The molecule has 1 amide bonds. The van der Waals surface area contributed by atoms with Gasteiger partial charge in [0.25, 0.3) is 0 Å². The van der Waals surface area contributed by atoms with Crippen LogP contribution in [0.2, 0.25) is 0 Å². The van der Waals surface area contributed by atoms with Crippen LogP contribution in [-0.4, -0.2) is 51.5 Å². The average molecular weight is 375 g/mol. The quantitative estimate of drug-likeness (QED) is 0.803.